The van der Waals surface area contributed by atoms with E-state index in [0.717, 1.165) is 0 Å². The Morgan fingerprint density at radius 1 is 1.23 bits per heavy atom. The van der Waals surface area contributed by atoms with Crippen molar-refractivity contribution < 1.29 is 19.4 Å². The highest BCUT2D eigenvalue weighted by Crippen LogP contribution is 2.01. The first-order valence-corrected chi connectivity index (χ1v) is 4.63. The molecule has 0 bridgehead atoms. The molecule has 0 spiro atoms. The van der Waals surface area contributed by atoms with Crippen LogP contribution in [0.15, 0.2) is 0 Å². The minimum absolute atomic E-state index is 0.1000. The van der Waals surface area contributed by atoms with Gasteiger partial charge in [-0.1, -0.05) is 0 Å². The molecule has 0 saturated heterocycles. The predicted octanol–water partition coefficient (Wildman–Crippen LogP) is 1.41. The van der Waals surface area contributed by atoms with Gasteiger partial charge in [-0.2, -0.15) is 0 Å². The number of rotatable bonds is 7. The van der Waals surface area contributed by atoms with Crippen LogP contribution in [0.4, 0.5) is 0 Å². The predicted molar refractivity (Wildman–Crippen MR) is 47.8 cm³/mol. The molecule has 0 saturated carbocycles. The summed E-state index contributed by atoms with van der Waals surface area (Å²) in [6, 6.07) is 0. The number of carboxylic acids is 1. The maximum atomic E-state index is 10.8. The van der Waals surface area contributed by atoms with Gasteiger partial charge in [-0.05, 0) is 12.8 Å². The van der Waals surface area contributed by atoms with Gasteiger partial charge in [-0.15, -0.1) is 11.6 Å². The van der Waals surface area contributed by atoms with Crippen LogP contribution in [0.1, 0.15) is 25.7 Å². The zero-order valence-electron chi connectivity index (χ0n) is 7.29. The Kier molecular flexibility index (Phi) is 7.39. The Labute approximate surface area is 81.8 Å². The highest BCUT2D eigenvalue weighted by molar-refractivity contribution is 6.18. The van der Waals surface area contributed by atoms with Crippen molar-refractivity contribution >= 4 is 23.5 Å². The third-order valence-corrected chi connectivity index (χ3v) is 1.52. The van der Waals surface area contributed by atoms with Crippen LogP contribution < -0.4 is 0 Å². The molecule has 0 aliphatic carbocycles. The lowest BCUT2D eigenvalue weighted by atomic mass is 10.2. The van der Waals surface area contributed by atoms with E-state index in [1.807, 2.05) is 0 Å². The number of hydrogen-bond donors (Lipinski definition) is 1. The molecule has 0 heterocycles. The molecule has 1 N–H and O–H groups in total. The fourth-order valence-corrected chi connectivity index (χ4v) is 0.847. The number of carboxylic acid groups (broad SMARTS) is 1. The Morgan fingerprint density at radius 3 is 2.38 bits per heavy atom. The maximum Gasteiger partial charge on any atom is 0.305 e. The number of unbranched alkanes of at least 4 members (excludes halogenated alkanes) is 1. The van der Waals surface area contributed by atoms with E-state index < -0.39 is 5.97 Å². The molecule has 13 heavy (non-hydrogen) atoms. The molecular formula is C8H13ClO4. The SMILES string of the molecule is O=C(O)CCCCC(=O)OCCCl. The summed E-state index contributed by atoms with van der Waals surface area (Å²) in [4.78, 5) is 20.9. The average molecular weight is 209 g/mol. The van der Waals surface area contributed by atoms with Gasteiger partial charge < -0.3 is 9.84 Å². The lowest BCUT2D eigenvalue weighted by Crippen LogP contribution is -2.06. The van der Waals surface area contributed by atoms with Crippen molar-refractivity contribution in [3.8, 4) is 0 Å². The molecule has 0 aromatic heterocycles. The smallest absolute Gasteiger partial charge is 0.305 e. The van der Waals surface area contributed by atoms with Crippen molar-refractivity contribution in [2.75, 3.05) is 12.5 Å². The second-order valence-corrected chi connectivity index (χ2v) is 2.89. The van der Waals surface area contributed by atoms with Crippen molar-refractivity contribution in [1.29, 1.82) is 0 Å². The molecule has 0 aliphatic rings. The molecule has 5 heteroatoms. The van der Waals surface area contributed by atoms with Gasteiger partial charge in [0.2, 0.25) is 0 Å². The first-order valence-electron chi connectivity index (χ1n) is 4.10. The molecule has 0 unspecified atom stereocenters. The number of ether oxygens (including phenoxy) is 1. The third-order valence-electron chi connectivity index (χ3n) is 1.36. The van der Waals surface area contributed by atoms with Crippen molar-refractivity contribution in [3.05, 3.63) is 0 Å². The van der Waals surface area contributed by atoms with Crippen molar-refractivity contribution in [1.82, 2.24) is 0 Å². The Morgan fingerprint density at radius 2 is 1.85 bits per heavy atom. The Balaban J connectivity index is 3.22. The molecule has 0 atom stereocenters. The molecule has 0 aromatic rings. The van der Waals surface area contributed by atoms with Crippen LogP contribution in [0.5, 0.6) is 0 Å². The van der Waals surface area contributed by atoms with Crippen LogP contribution in [0, 0.1) is 0 Å². The van der Waals surface area contributed by atoms with Crippen molar-refractivity contribution in [2.24, 2.45) is 0 Å². The van der Waals surface area contributed by atoms with E-state index >= 15 is 0 Å². The van der Waals surface area contributed by atoms with Gasteiger partial charge in [0.05, 0.1) is 5.88 Å². The molecule has 4 nitrogen and oxygen atoms in total. The molecule has 0 radical (unpaired) electrons. The topological polar surface area (TPSA) is 63.6 Å². The van der Waals surface area contributed by atoms with Gasteiger partial charge in [0.25, 0.3) is 0 Å². The summed E-state index contributed by atoms with van der Waals surface area (Å²) in [5.41, 5.74) is 0. The van der Waals surface area contributed by atoms with Crippen LogP contribution >= 0.6 is 11.6 Å². The quantitative estimate of drug-likeness (QED) is 0.390. The monoisotopic (exact) mass is 208 g/mol. The minimum Gasteiger partial charge on any atom is -0.481 e. The van der Waals surface area contributed by atoms with Crippen molar-refractivity contribution in [3.63, 3.8) is 0 Å². The van der Waals surface area contributed by atoms with Gasteiger partial charge in [-0.25, -0.2) is 0 Å². The van der Waals surface area contributed by atoms with E-state index in [4.69, 9.17) is 16.7 Å². The lowest BCUT2D eigenvalue weighted by molar-refractivity contribution is -0.143. The lowest BCUT2D eigenvalue weighted by Gasteiger charge is -2.00. The summed E-state index contributed by atoms with van der Waals surface area (Å²) in [6.45, 7) is 0.222. The van der Waals surface area contributed by atoms with Crippen LogP contribution in [0.3, 0.4) is 0 Å². The number of aliphatic carboxylic acids is 1. The second-order valence-electron chi connectivity index (χ2n) is 2.51. The van der Waals surface area contributed by atoms with E-state index in [1.54, 1.807) is 0 Å². The molecular weight excluding hydrogens is 196 g/mol. The number of hydrogen-bond acceptors (Lipinski definition) is 3. The number of carbonyl (C=O) groups excluding carboxylic acids is 1. The van der Waals surface area contributed by atoms with Crippen LogP contribution in [-0.2, 0) is 14.3 Å². The van der Waals surface area contributed by atoms with Gasteiger partial charge >= 0.3 is 11.9 Å². The Hall–Kier alpha value is -0.770. The van der Waals surface area contributed by atoms with Crippen LogP contribution in [-0.4, -0.2) is 29.5 Å². The molecule has 76 valence electrons. The third kappa shape index (κ3) is 9.14. The van der Waals surface area contributed by atoms with E-state index in [2.05, 4.69) is 4.74 Å². The van der Waals surface area contributed by atoms with E-state index in [-0.39, 0.29) is 25.4 Å². The van der Waals surface area contributed by atoms with Gasteiger partial charge in [-0.3, -0.25) is 9.59 Å². The van der Waals surface area contributed by atoms with E-state index in [1.165, 1.54) is 0 Å². The van der Waals surface area contributed by atoms with E-state index in [0.29, 0.717) is 18.7 Å². The number of esters is 1. The number of alkyl halides is 1. The second kappa shape index (κ2) is 7.86. The fraction of sp³-hybridized carbons (Fsp3) is 0.750. The van der Waals surface area contributed by atoms with Gasteiger partial charge in [0, 0.05) is 12.8 Å². The van der Waals surface area contributed by atoms with Crippen LogP contribution in [0.2, 0.25) is 0 Å². The first-order chi connectivity index (χ1) is 6.16. The first kappa shape index (κ1) is 12.2. The number of halogens is 1. The molecule has 0 rings (SSSR count). The summed E-state index contributed by atoms with van der Waals surface area (Å²) < 4.78 is 4.68. The fourth-order valence-electron chi connectivity index (χ4n) is 0.770. The molecule has 0 amide bonds. The van der Waals surface area contributed by atoms with E-state index in [9.17, 15) is 9.59 Å². The highest BCUT2D eigenvalue weighted by Gasteiger charge is 2.03. The van der Waals surface area contributed by atoms with Gasteiger partial charge in [0.1, 0.15) is 6.61 Å². The highest BCUT2D eigenvalue weighted by atomic mass is 35.5. The summed E-state index contributed by atoms with van der Waals surface area (Å²) >= 11 is 5.29. The maximum absolute atomic E-state index is 10.8. The number of carbonyl (C=O) groups is 2. The summed E-state index contributed by atoms with van der Waals surface area (Å²) in [7, 11) is 0. The average Bonchev–Trinajstić information content (AvgIpc) is 2.08. The molecule has 0 aromatic carbocycles. The van der Waals surface area contributed by atoms with Crippen molar-refractivity contribution in [2.45, 2.75) is 25.7 Å². The minimum atomic E-state index is -0.839. The Bertz CT molecular complexity index is 170. The normalized spacial score (nSPS) is 9.62. The largest absolute Gasteiger partial charge is 0.481 e. The summed E-state index contributed by atoms with van der Waals surface area (Å²) in [5.74, 6) is -0.860. The molecule has 0 fully saturated rings. The summed E-state index contributed by atoms with van der Waals surface area (Å²) in [6.07, 6.45) is 1.42. The summed E-state index contributed by atoms with van der Waals surface area (Å²) in [5, 5.41) is 8.29. The zero-order chi connectivity index (χ0) is 10.1. The standard InChI is InChI=1S/C8H13ClO4/c9-5-6-13-8(12)4-2-1-3-7(10)11/h1-6H2,(H,10,11). The molecule has 0 aliphatic heterocycles. The zero-order valence-corrected chi connectivity index (χ0v) is 8.05. The van der Waals surface area contributed by atoms with Crippen LogP contribution in [0.25, 0.3) is 0 Å². The van der Waals surface area contributed by atoms with Gasteiger partial charge in [0.15, 0.2) is 0 Å².